The number of carbonyl (C=O) groups is 1. The third-order valence-electron chi connectivity index (χ3n) is 4.07. The van der Waals surface area contributed by atoms with Crippen LogP contribution in [0.15, 0.2) is 60.8 Å². The third-order valence-corrected chi connectivity index (χ3v) is 5.38. The molecular formula is C20H14ClFN4OS. The predicted molar refractivity (Wildman–Crippen MR) is 109 cm³/mol. The lowest BCUT2D eigenvalue weighted by atomic mass is 10.1. The van der Waals surface area contributed by atoms with Gasteiger partial charge in [0.25, 0.3) is 5.91 Å². The lowest BCUT2D eigenvalue weighted by Gasteiger charge is -2.04. The Hall–Kier alpha value is -3.03. The molecule has 0 saturated heterocycles. The van der Waals surface area contributed by atoms with Gasteiger partial charge >= 0.3 is 0 Å². The van der Waals surface area contributed by atoms with Gasteiger partial charge in [-0.05, 0) is 24.3 Å². The van der Waals surface area contributed by atoms with Gasteiger partial charge in [0.1, 0.15) is 0 Å². The van der Waals surface area contributed by atoms with E-state index in [1.54, 1.807) is 10.7 Å². The van der Waals surface area contributed by atoms with Crippen molar-refractivity contribution in [3.63, 3.8) is 0 Å². The minimum atomic E-state index is -0.684. The van der Waals surface area contributed by atoms with Crippen molar-refractivity contribution in [2.24, 2.45) is 7.05 Å². The zero-order valence-electron chi connectivity index (χ0n) is 14.7. The largest absolute Gasteiger partial charge is 0.303 e. The first-order chi connectivity index (χ1) is 13.5. The zero-order chi connectivity index (χ0) is 19.7. The fourth-order valence-corrected chi connectivity index (χ4v) is 3.81. The standard InChI is InChI=1S/C20H14ClFN4OS/c1-26-16(10-15(25-26)12-5-3-2-4-6-12)17-7-8-18(28-17)20(27)24-19-14(22)9-13(21)11-23-19/h2-11H,1H3,(H,23,24,27). The van der Waals surface area contributed by atoms with Gasteiger partial charge in [-0.1, -0.05) is 41.9 Å². The van der Waals surface area contributed by atoms with Crippen LogP contribution in [-0.2, 0) is 7.05 Å². The first kappa shape index (κ1) is 18.3. The van der Waals surface area contributed by atoms with Gasteiger partial charge in [0.15, 0.2) is 11.6 Å². The molecule has 8 heteroatoms. The zero-order valence-corrected chi connectivity index (χ0v) is 16.3. The van der Waals surface area contributed by atoms with Crippen LogP contribution in [0.3, 0.4) is 0 Å². The Morgan fingerprint density at radius 1 is 1.18 bits per heavy atom. The minimum absolute atomic E-state index is 0.156. The molecule has 0 bridgehead atoms. The fourth-order valence-electron chi connectivity index (χ4n) is 2.72. The predicted octanol–water partition coefficient (Wildman–Crippen LogP) is 5.26. The van der Waals surface area contributed by atoms with Gasteiger partial charge in [-0.25, -0.2) is 9.37 Å². The quantitative estimate of drug-likeness (QED) is 0.497. The monoisotopic (exact) mass is 412 g/mol. The number of halogens is 2. The summed E-state index contributed by atoms with van der Waals surface area (Å²) in [5.41, 5.74) is 2.76. The molecule has 4 rings (SSSR count). The molecule has 0 aliphatic carbocycles. The van der Waals surface area contributed by atoms with Crippen molar-refractivity contribution in [2.45, 2.75) is 0 Å². The van der Waals surface area contributed by atoms with Gasteiger partial charge in [0.2, 0.25) is 0 Å². The number of hydrogen-bond donors (Lipinski definition) is 1. The van der Waals surface area contributed by atoms with E-state index in [0.29, 0.717) is 4.88 Å². The van der Waals surface area contributed by atoms with Crippen molar-refractivity contribution in [3.05, 3.63) is 76.5 Å². The SMILES string of the molecule is Cn1nc(-c2ccccc2)cc1-c1ccc(C(=O)Nc2ncc(Cl)cc2F)s1. The molecule has 5 nitrogen and oxygen atoms in total. The van der Waals surface area contributed by atoms with Gasteiger partial charge < -0.3 is 5.32 Å². The van der Waals surface area contributed by atoms with Crippen molar-refractivity contribution in [2.75, 3.05) is 5.32 Å². The van der Waals surface area contributed by atoms with E-state index < -0.39 is 11.7 Å². The van der Waals surface area contributed by atoms with Crippen molar-refractivity contribution in [1.82, 2.24) is 14.8 Å². The number of pyridine rings is 1. The highest BCUT2D eigenvalue weighted by molar-refractivity contribution is 7.17. The molecule has 3 heterocycles. The molecule has 0 fully saturated rings. The molecule has 140 valence electrons. The summed E-state index contributed by atoms with van der Waals surface area (Å²) in [6.45, 7) is 0. The molecule has 0 unspecified atom stereocenters. The highest BCUT2D eigenvalue weighted by Gasteiger charge is 2.16. The number of anilines is 1. The lowest BCUT2D eigenvalue weighted by Crippen LogP contribution is -2.12. The summed E-state index contributed by atoms with van der Waals surface area (Å²) >= 11 is 6.98. The van der Waals surface area contributed by atoms with Crippen LogP contribution in [0.1, 0.15) is 9.67 Å². The first-order valence-electron chi connectivity index (χ1n) is 8.33. The van der Waals surface area contributed by atoms with Gasteiger partial charge in [-0.3, -0.25) is 9.48 Å². The number of hydrogen-bond acceptors (Lipinski definition) is 4. The summed E-state index contributed by atoms with van der Waals surface area (Å²) in [6, 6.07) is 16.5. The Morgan fingerprint density at radius 2 is 1.96 bits per heavy atom. The third kappa shape index (κ3) is 3.67. The van der Waals surface area contributed by atoms with Crippen molar-refractivity contribution in [1.29, 1.82) is 0 Å². The molecular weight excluding hydrogens is 399 g/mol. The van der Waals surface area contributed by atoms with Crippen LogP contribution in [0.4, 0.5) is 10.2 Å². The Bertz CT molecular complexity index is 1160. The normalized spacial score (nSPS) is 10.8. The van der Waals surface area contributed by atoms with Crippen LogP contribution in [0, 0.1) is 5.82 Å². The van der Waals surface area contributed by atoms with E-state index in [4.69, 9.17) is 11.6 Å². The van der Waals surface area contributed by atoms with Crippen molar-refractivity contribution >= 4 is 34.7 Å². The smallest absolute Gasteiger partial charge is 0.266 e. The second-order valence-corrected chi connectivity index (χ2v) is 7.53. The molecule has 1 N–H and O–H groups in total. The van der Waals surface area contributed by atoms with E-state index in [1.807, 2.05) is 49.5 Å². The molecule has 28 heavy (non-hydrogen) atoms. The second-order valence-electron chi connectivity index (χ2n) is 6.01. The number of aromatic nitrogens is 3. The number of nitrogens with zero attached hydrogens (tertiary/aromatic N) is 3. The molecule has 0 atom stereocenters. The highest BCUT2D eigenvalue weighted by atomic mass is 35.5. The maximum absolute atomic E-state index is 13.8. The second kappa shape index (κ2) is 7.53. The average Bonchev–Trinajstić information content (AvgIpc) is 3.31. The summed E-state index contributed by atoms with van der Waals surface area (Å²) in [6.07, 6.45) is 1.28. The molecule has 0 spiro atoms. The Morgan fingerprint density at radius 3 is 2.71 bits per heavy atom. The molecule has 3 aromatic heterocycles. The molecule has 1 aromatic carbocycles. The van der Waals surface area contributed by atoms with Crippen LogP contribution in [-0.4, -0.2) is 20.7 Å². The van der Waals surface area contributed by atoms with Gasteiger partial charge in [0.05, 0.1) is 26.2 Å². The molecule has 1 amide bonds. The molecule has 4 aromatic rings. The van der Waals surface area contributed by atoms with Gasteiger partial charge in [0, 0.05) is 18.8 Å². The Kier molecular flexibility index (Phi) is 4.93. The van der Waals surface area contributed by atoms with E-state index in [1.165, 1.54) is 17.5 Å². The van der Waals surface area contributed by atoms with Crippen LogP contribution in [0.25, 0.3) is 21.8 Å². The summed E-state index contributed by atoms with van der Waals surface area (Å²) in [5.74, 6) is -1.27. The molecule has 0 aliphatic rings. The van der Waals surface area contributed by atoms with E-state index in [9.17, 15) is 9.18 Å². The van der Waals surface area contributed by atoms with Crippen LogP contribution in [0.5, 0.6) is 0 Å². The van der Waals surface area contributed by atoms with Gasteiger partial charge in [-0.15, -0.1) is 11.3 Å². The number of aryl methyl sites for hydroxylation is 1. The molecule has 0 saturated carbocycles. The number of nitrogens with one attached hydrogen (secondary N) is 1. The van der Waals surface area contributed by atoms with E-state index in [0.717, 1.165) is 27.9 Å². The van der Waals surface area contributed by atoms with Crippen LogP contribution >= 0.6 is 22.9 Å². The summed E-state index contributed by atoms with van der Waals surface area (Å²) < 4.78 is 15.6. The molecule has 0 radical (unpaired) electrons. The Balaban J connectivity index is 1.58. The highest BCUT2D eigenvalue weighted by Crippen LogP contribution is 2.31. The lowest BCUT2D eigenvalue weighted by molar-refractivity contribution is 0.102. The number of carbonyl (C=O) groups excluding carboxylic acids is 1. The van der Waals surface area contributed by atoms with Crippen molar-refractivity contribution in [3.8, 4) is 21.8 Å². The summed E-state index contributed by atoms with van der Waals surface area (Å²) in [4.78, 5) is 17.6. The van der Waals surface area contributed by atoms with Crippen LogP contribution in [0.2, 0.25) is 5.02 Å². The number of amides is 1. The first-order valence-corrected chi connectivity index (χ1v) is 9.53. The molecule has 0 aliphatic heterocycles. The van der Waals surface area contributed by atoms with Gasteiger partial charge in [-0.2, -0.15) is 5.10 Å². The van der Waals surface area contributed by atoms with E-state index in [2.05, 4.69) is 15.4 Å². The maximum atomic E-state index is 13.8. The maximum Gasteiger partial charge on any atom is 0.266 e. The Labute approximate surface area is 169 Å². The van der Waals surface area contributed by atoms with E-state index >= 15 is 0 Å². The van der Waals surface area contributed by atoms with Crippen molar-refractivity contribution < 1.29 is 9.18 Å². The van der Waals surface area contributed by atoms with Crippen LogP contribution < -0.4 is 5.32 Å². The van der Waals surface area contributed by atoms with E-state index in [-0.39, 0.29) is 10.8 Å². The number of rotatable bonds is 4. The summed E-state index contributed by atoms with van der Waals surface area (Å²) in [7, 11) is 1.86. The summed E-state index contributed by atoms with van der Waals surface area (Å²) in [5, 5.41) is 7.18. The number of thiophene rings is 1. The minimum Gasteiger partial charge on any atom is -0.303 e. The number of benzene rings is 1. The fraction of sp³-hybridized carbons (Fsp3) is 0.0500. The average molecular weight is 413 g/mol. The topological polar surface area (TPSA) is 59.8 Å².